The van der Waals surface area contributed by atoms with E-state index in [1.807, 2.05) is 0 Å². The number of rotatable bonds is 4. The SMILES string of the molecule is OB(O)c1cnc(NCC2CC2)nc1. The highest BCUT2D eigenvalue weighted by Gasteiger charge is 2.21. The third-order valence-corrected chi connectivity index (χ3v) is 2.22. The van der Waals surface area contributed by atoms with Crippen LogP contribution in [0.5, 0.6) is 0 Å². The first kappa shape index (κ1) is 9.42. The average molecular weight is 193 g/mol. The van der Waals surface area contributed by atoms with Crippen molar-refractivity contribution in [3.05, 3.63) is 12.4 Å². The molecule has 1 aliphatic carbocycles. The fourth-order valence-electron chi connectivity index (χ4n) is 1.12. The molecular weight excluding hydrogens is 181 g/mol. The minimum atomic E-state index is -1.49. The first-order valence-corrected chi connectivity index (χ1v) is 4.67. The van der Waals surface area contributed by atoms with Gasteiger partial charge in [0.15, 0.2) is 0 Å². The van der Waals surface area contributed by atoms with Gasteiger partial charge in [0.05, 0.1) is 0 Å². The molecule has 0 saturated heterocycles. The Balaban J connectivity index is 1.91. The smallest absolute Gasteiger partial charge is 0.423 e. The number of nitrogens with zero attached hydrogens (tertiary/aromatic N) is 2. The number of nitrogens with one attached hydrogen (secondary N) is 1. The maximum absolute atomic E-state index is 8.80. The second-order valence-corrected chi connectivity index (χ2v) is 3.54. The molecule has 0 amide bonds. The summed E-state index contributed by atoms with van der Waals surface area (Å²) in [6.45, 7) is 0.904. The van der Waals surface area contributed by atoms with Crippen LogP contribution in [-0.4, -0.2) is 33.7 Å². The Labute approximate surface area is 82.4 Å². The van der Waals surface area contributed by atoms with Gasteiger partial charge in [0.2, 0.25) is 5.95 Å². The Bertz CT molecular complexity index is 300. The van der Waals surface area contributed by atoms with Gasteiger partial charge in [0, 0.05) is 24.4 Å². The predicted molar refractivity (Wildman–Crippen MR) is 53.1 cm³/mol. The number of hydrogen-bond acceptors (Lipinski definition) is 5. The summed E-state index contributed by atoms with van der Waals surface area (Å²) in [6, 6.07) is 0. The molecule has 0 spiro atoms. The van der Waals surface area contributed by atoms with Crippen LogP contribution in [0, 0.1) is 5.92 Å². The van der Waals surface area contributed by atoms with Crippen molar-refractivity contribution in [2.45, 2.75) is 12.8 Å². The van der Waals surface area contributed by atoms with Crippen LogP contribution in [0.25, 0.3) is 0 Å². The highest BCUT2D eigenvalue weighted by atomic mass is 16.4. The lowest BCUT2D eigenvalue weighted by Crippen LogP contribution is -2.30. The number of aromatic nitrogens is 2. The van der Waals surface area contributed by atoms with Crippen molar-refractivity contribution in [1.29, 1.82) is 0 Å². The fourth-order valence-corrected chi connectivity index (χ4v) is 1.12. The molecule has 14 heavy (non-hydrogen) atoms. The van der Waals surface area contributed by atoms with E-state index in [1.165, 1.54) is 25.2 Å². The topological polar surface area (TPSA) is 78.3 Å². The van der Waals surface area contributed by atoms with Crippen LogP contribution >= 0.6 is 0 Å². The molecule has 1 saturated carbocycles. The highest BCUT2D eigenvalue weighted by Crippen LogP contribution is 2.28. The second kappa shape index (κ2) is 3.94. The molecule has 3 N–H and O–H groups in total. The van der Waals surface area contributed by atoms with E-state index in [0.29, 0.717) is 11.4 Å². The van der Waals surface area contributed by atoms with E-state index in [0.717, 1.165) is 12.5 Å². The minimum absolute atomic E-state index is 0.307. The van der Waals surface area contributed by atoms with Crippen LogP contribution in [-0.2, 0) is 0 Å². The quantitative estimate of drug-likeness (QED) is 0.533. The maximum atomic E-state index is 8.80. The summed E-state index contributed by atoms with van der Waals surface area (Å²) in [5, 5.41) is 20.7. The molecule has 0 radical (unpaired) electrons. The maximum Gasteiger partial charge on any atom is 0.491 e. The van der Waals surface area contributed by atoms with Gasteiger partial charge in [0.25, 0.3) is 0 Å². The minimum Gasteiger partial charge on any atom is -0.423 e. The summed E-state index contributed by atoms with van der Waals surface area (Å²) in [4.78, 5) is 7.91. The lowest BCUT2D eigenvalue weighted by atomic mass is 9.83. The van der Waals surface area contributed by atoms with E-state index in [1.54, 1.807) is 0 Å². The summed E-state index contributed by atoms with van der Waals surface area (Å²) < 4.78 is 0. The standard InChI is InChI=1S/C8H12BN3O2/c13-9(14)7-4-11-8(12-5-7)10-3-6-1-2-6/h4-6,13-14H,1-3H2,(H,10,11,12). The highest BCUT2D eigenvalue weighted by molar-refractivity contribution is 6.58. The molecule has 0 aromatic carbocycles. The zero-order valence-electron chi connectivity index (χ0n) is 7.72. The van der Waals surface area contributed by atoms with Crippen molar-refractivity contribution in [2.24, 2.45) is 5.92 Å². The molecule has 1 aromatic rings. The van der Waals surface area contributed by atoms with E-state index in [-0.39, 0.29) is 0 Å². The molecule has 1 aromatic heterocycles. The van der Waals surface area contributed by atoms with Crippen molar-refractivity contribution in [2.75, 3.05) is 11.9 Å². The van der Waals surface area contributed by atoms with E-state index < -0.39 is 7.12 Å². The van der Waals surface area contributed by atoms with E-state index in [4.69, 9.17) is 10.0 Å². The molecule has 1 aliphatic rings. The lowest BCUT2D eigenvalue weighted by Gasteiger charge is -2.03. The molecule has 0 bridgehead atoms. The van der Waals surface area contributed by atoms with Crippen molar-refractivity contribution < 1.29 is 10.0 Å². The molecule has 1 fully saturated rings. The van der Waals surface area contributed by atoms with Gasteiger partial charge in [-0.1, -0.05) is 0 Å². The van der Waals surface area contributed by atoms with Gasteiger partial charge in [-0.25, -0.2) is 9.97 Å². The van der Waals surface area contributed by atoms with Gasteiger partial charge in [-0.15, -0.1) is 0 Å². The van der Waals surface area contributed by atoms with Crippen molar-refractivity contribution in [3.63, 3.8) is 0 Å². The largest absolute Gasteiger partial charge is 0.491 e. The van der Waals surface area contributed by atoms with Gasteiger partial charge in [-0.3, -0.25) is 0 Å². The summed E-state index contributed by atoms with van der Waals surface area (Å²) in [5.74, 6) is 1.31. The number of anilines is 1. The molecule has 1 heterocycles. The summed E-state index contributed by atoms with van der Waals surface area (Å²) in [7, 11) is -1.49. The Hall–Kier alpha value is -1.14. The third kappa shape index (κ3) is 2.43. The molecule has 0 atom stereocenters. The Morgan fingerprint density at radius 1 is 1.36 bits per heavy atom. The number of hydrogen-bond donors (Lipinski definition) is 3. The molecule has 5 nitrogen and oxygen atoms in total. The van der Waals surface area contributed by atoms with Crippen LogP contribution in [0.2, 0.25) is 0 Å². The third-order valence-electron chi connectivity index (χ3n) is 2.22. The van der Waals surface area contributed by atoms with Crippen LogP contribution in [0.4, 0.5) is 5.95 Å². The summed E-state index contributed by atoms with van der Waals surface area (Å²) in [5.41, 5.74) is 0.307. The Morgan fingerprint density at radius 3 is 2.50 bits per heavy atom. The molecule has 6 heteroatoms. The van der Waals surface area contributed by atoms with Crippen LogP contribution < -0.4 is 10.8 Å². The van der Waals surface area contributed by atoms with Crippen molar-refractivity contribution >= 4 is 18.5 Å². The second-order valence-electron chi connectivity index (χ2n) is 3.54. The molecular formula is C8H12BN3O2. The molecule has 0 unspecified atom stereocenters. The van der Waals surface area contributed by atoms with Crippen LogP contribution in [0.1, 0.15) is 12.8 Å². The molecule has 74 valence electrons. The van der Waals surface area contributed by atoms with Crippen molar-refractivity contribution in [1.82, 2.24) is 9.97 Å². The Morgan fingerprint density at radius 2 is 2.00 bits per heavy atom. The van der Waals surface area contributed by atoms with Gasteiger partial charge in [0.1, 0.15) is 0 Å². The zero-order chi connectivity index (χ0) is 9.97. The predicted octanol–water partition coefficient (Wildman–Crippen LogP) is -1.02. The van der Waals surface area contributed by atoms with Gasteiger partial charge >= 0.3 is 7.12 Å². The first-order valence-electron chi connectivity index (χ1n) is 4.67. The van der Waals surface area contributed by atoms with E-state index in [9.17, 15) is 0 Å². The molecule has 0 aliphatic heterocycles. The Kier molecular flexibility index (Phi) is 2.65. The van der Waals surface area contributed by atoms with E-state index in [2.05, 4.69) is 15.3 Å². The normalized spacial score (nSPS) is 15.3. The van der Waals surface area contributed by atoms with Crippen LogP contribution in [0.15, 0.2) is 12.4 Å². The molecule has 2 rings (SSSR count). The van der Waals surface area contributed by atoms with Crippen LogP contribution in [0.3, 0.4) is 0 Å². The van der Waals surface area contributed by atoms with E-state index >= 15 is 0 Å². The zero-order valence-corrected chi connectivity index (χ0v) is 7.72. The van der Waals surface area contributed by atoms with Gasteiger partial charge < -0.3 is 15.4 Å². The summed E-state index contributed by atoms with van der Waals surface area (Å²) in [6.07, 6.45) is 5.38. The first-order chi connectivity index (χ1) is 6.75. The monoisotopic (exact) mass is 193 g/mol. The van der Waals surface area contributed by atoms with Gasteiger partial charge in [-0.2, -0.15) is 0 Å². The van der Waals surface area contributed by atoms with Crippen molar-refractivity contribution in [3.8, 4) is 0 Å². The summed E-state index contributed by atoms with van der Waals surface area (Å²) >= 11 is 0. The fraction of sp³-hybridized carbons (Fsp3) is 0.500. The average Bonchev–Trinajstić information content (AvgIpc) is 2.99. The van der Waals surface area contributed by atoms with Gasteiger partial charge in [-0.05, 0) is 18.8 Å². The lowest BCUT2D eigenvalue weighted by molar-refractivity contribution is 0.425.